The summed E-state index contributed by atoms with van der Waals surface area (Å²) in [6.07, 6.45) is 3.48. The van der Waals surface area contributed by atoms with Gasteiger partial charge in [-0.05, 0) is 70.1 Å². The van der Waals surface area contributed by atoms with Gasteiger partial charge in [0, 0.05) is 10.5 Å². The molecule has 2 fully saturated rings. The summed E-state index contributed by atoms with van der Waals surface area (Å²) in [5, 5.41) is 3.19. The first-order chi connectivity index (χ1) is 9.75. The fraction of sp³-hybridized carbons (Fsp3) is 0.588. The first kappa shape index (κ1) is 15.0. The SMILES string of the molecule is CC1(C)C2CCC1(C)C(NC(=O)c1ccc(F)cc1Br)C2. The largest absolute Gasteiger partial charge is 0.349 e. The van der Waals surface area contributed by atoms with Crippen LogP contribution in [0.4, 0.5) is 4.39 Å². The van der Waals surface area contributed by atoms with Crippen molar-refractivity contribution in [1.82, 2.24) is 5.32 Å². The van der Waals surface area contributed by atoms with Crippen LogP contribution < -0.4 is 5.32 Å². The molecule has 3 unspecified atom stereocenters. The smallest absolute Gasteiger partial charge is 0.252 e. The van der Waals surface area contributed by atoms with E-state index in [1.807, 2.05) is 0 Å². The Morgan fingerprint density at radius 2 is 2.10 bits per heavy atom. The molecule has 0 aliphatic heterocycles. The molecule has 3 atom stereocenters. The lowest BCUT2D eigenvalue weighted by Crippen LogP contribution is -2.46. The Bertz CT molecular complexity index is 600. The monoisotopic (exact) mass is 353 g/mol. The van der Waals surface area contributed by atoms with Crippen molar-refractivity contribution in [2.24, 2.45) is 16.7 Å². The van der Waals surface area contributed by atoms with Crippen LogP contribution in [0.15, 0.2) is 22.7 Å². The average Bonchev–Trinajstić information content (AvgIpc) is 2.71. The lowest BCUT2D eigenvalue weighted by molar-refractivity contribution is 0.0825. The molecule has 0 radical (unpaired) electrons. The third-order valence-corrected chi connectivity index (χ3v) is 6.93. The molecule has 1 amide bonds. The van der Waals surface area contributed by atoms with E-state index in [9.17, 15) is 9.18 Å². The van der Waals surface area contributed by atoms with Crippen LogP contribution in [0.2, 0.25) is 0 Å². The van der Waals surface area contributed by atoms with Crippen molar-refractivity contribution in [1.29, 1.82) is 0 Å². The second-order valence-electron chi connectivity index (χ2n) is 7.26. The summed E-state index contributed by atoms with van der Waals surface area (Å²) in [7, 11) is 0. The third-order valence-electron chi connectivity index (χ3n) is 6.28. The molecule has 2 saturated carbocycles. The van der Waals surface area contributed by atoms with E-state index in [1.54, 1.807) is 0 Å². The Morgan fingerprint density at radius 1 is 1.38 bits per heavy atom. The Morgan fingerprint density at radius 3 is 2.62 bits per heavy atom. The first-order valence-electron chi connectivity index (χ1n) is 7.51. The highest BCUT2D eigenvalue weighted by Crippen LogP contribution is 2.65. The van der Waals surface area contributed by atoms with Gasteiger partial charge in [-0.2, -0.15) is 0 Å². The number of nitrogens with one attached hydrogen (secondary N) is 1. The molecule has 21 heavy (non-hydrogen) atoms. The number of fused-ring (bicyclic) bond motifs is 2. The standard InChI is InChI=1S/C17H21BrFNO/c1-16(2)10-6-7-17(16,3)14(8-10)20-15(21)12-5-4-11(19)9-13(12)18/h4-5,9-10,14H,6-8H2,1-3H3,(H,20,21). The first-order valence-corrected chi connectivity index (χ1v) is 8.31. The summed E-state index contributed by atoms with van der Waals surface area (Å²) in [4.78, 5) is 12.5. The Hall–Kier alpha value is -0.900. The van der Waals surface area contributed by atoms with Crippen molar-refractivity contribution in [3.8, 4) is 0 Å². The molecule has 0 saturated heterocycles. The minimum atomic E-state index is -0.341. The third kappa shape index (κ3) is 2.14. The molecule has 0 heterocycles. The van der Waals surface area contributed by atoms with Crippen LogP contribution >= 0.6 is 15.9 Å². The van der Waals surface area contributed by atoms with Crippen molar-refractivity contribution >= 4 is 21.8 Å². The van der Waals surface area contributed by atoms with Crippen LogP contribution in [-0.4, -0.2) is 11.9 Å². The average molecular weight is 354 g/mol. The molecule has 3 rings (SSSR count). The van der Waals surface area contributed by atoms with Gasteiger partial charge in [0.25, 0.3) is 5.91 Å². The summed E-state index contributed by atoms with van der Waals surface area (Å²) in [5.41, 5.74) is 0.922. The predicted molar refractivity (Wildman–Crippen MR) is 84.6 cm³/mol. The number of hydrogen-bond donors (Lipinski definition) is 1. The van der Waals surface area contributed by atoms with Crippen LogP contribution in [-0.2, 0) is 0 Å². The van der Waals surface area contributed by atoms with Gasteiger partial charge in [-0.3, -0.25) is 4.79 Å². The minimum absolute atomic E-state index is 0.114. The molecule has 4 heteroatoms. The molecule has 2 bridgehead atoms. The lowest BCUT2D eigenvalue weighted by Gasteiger charge is -2.39. The van der Waals surface area contributed by atoms with Gasteiger partial charge in [-0.15, -0.1) is 0 Å². The maximum atomic E-state index is 13.1. The van der Waals surface area contributed by atoms with Crippen molar-refractivity contribution < 1.29 is 9.18 Å². The Kier molecular flexibility index (Phi) is 3.43. The molecule has 1 aromatic carbocycles. The zero-order valence-electron chi connectivity index (χ0n) is 12.7. The van der Waals surface area contributed by atoms with Gasteiger partial charge in [0.1, 0.15) is 5.82 Å². The lowest BCUT2D eigenvalue weighted by atomic mass is 9.69. The summed E-state index contributed by atoms with van der Waals surface area (Å²) in [5.74, 6) is 0.229. The second-order valence-corrected chi connectivity index (χ2v) is 8.12. The molecule has 2 nitrogen and oxygen atoms in total. The molecular weight excluding hydrogens is 333 g/mol. The molecular formula is C17H21BrFNO. The Labute approximate surface area is 133 Å². The molecule has 114 valence electrons. The maximum Gasteiger partial charge on any atom is 0.252 e. The number of hydrogen-bond acceptors (Lipinski definition) is 1. The fourth-order valence-corrected chi connectivity index (χ4v) is 4.86. The van der Waals surface area contributed by atoms with Gasteiger partial charge in [-0.25, -0.2) is 4.39 Å². The van der Waals surface area contributed by atoms with E-state index in [0.29, 0.717) is 16.0 Å². The normalized spacial score (nSPS) is 33.2. The van der Waals surface area contributed by atoms with Crippen LogP contribution in [0.3, 0.4) is 0 Å². The summed E-state index contributed by atoms with van der Waals surface area (Å²) < 4.78 is 13.6. The number of carbonyl (C=O) groups is 1. The second kappa shape index (κ2) is 4.80. The van der Waals surface area contributed by atoms with Gasteiger partial charge in [0.2, 0.25) is 0 Å². The molecule has 0 aromatic heterocycles. The highest BCUT2D eigenvalue weighted by atomic mass is 79.9. The fourth-order valence-electron chi connectivity index (χ4n) is 4.33. The van der Waals surface area contributed by atoms with Gasteiger partial charge >= 0.3 is 0 Å². The van der Waals surface area contributed by atoms with E-state index >= 15 is 0 Å². The molecule has 2 aliphatic carbocycles. The zero-order valence-corrected chi connectivity index (χ0v) is 14.3. The molecule has 2 aliphatic rings. The van der Waals surface area contributed by atoms with Crippen molar-refractivity contribution in [2.45, 2.75) is 46.1 Å². The van der Waals surface area contributed by atoms with E-state index in [-0.39, 0.29) is 28.6 Å². The minimum Gasteiger partial charge on any atom is -0.349 e. The highest BCUT2D eigenvalue weighted by molar-refractivity contribution is 9.10. The van der Waals surface area contributed by atoms with Crippen LogP contribution in [0.1, 0.15) is 50.4 Å². The number of amides is 1. The molecule has 1 aromatic rings. The Balaban J connectivity index is 1.80. The number of carbonyl (C=O) groups excluding carboxylic acids is 1. The van der Waals surface area contributed by atoms with Crippen molar-refractivity contribution in [3.63, 3.8) is 0 Å². The maximum absolute atomic E-state index is 13.1. The van der Waals surface area contributed by atoms with Crippen LogP contribution in [0.25, 0.3) is 0 Å². The van der Waals surface area contributed by atoms with E-state index in [0.717, 1.165) is 6.42 Å². The van der Waals surface area contributed by atoms with E-state index in [1.165, 1.54) is 31.0 Å². The number of rotatable bonds is 2. The summed E-state index contributed by atoms with van der Waals surface area (Å²) >= 11 is 3.27. The van der Waals surface area contributed by atoms with Crippen molar-refractivity contribution in [2.75, 3.05) is 0 Å². The number of halogens is 2. The van der Waals surface area contributed by atoms with Crippen LogP contribution in [0.5, 0.6) is 0 Å². The van der Waals surface area contributed by atoms with Gasteiger partial charge in [0.15, 0.2) is 0 Å². The summed E-state index contributed by atoms with van der Waals surface area (Å²) in [6, 6.07) is 4.40. The quantitative estimate of drug-likeness (QED) is 0.831. The molecule has 0 spiro atoms. The van der Waals surface area contributed by atoms with E-state index in [2.05, 4.69) is 42.0 Å². The van der Waals surface area contributed by atoms with Crippen LogP contribution in [0, 0.1) is 22.6 Å². The highest BCUT2D eigenvalue weighted by Gasteiger charge is 2.61. The molecule has 1 N–H and O–H groups in total. The zero-order chi connectivity index (χ0) is 15.4. The van der Waals surface area contributed by atoms with Gasteiger partial charge in [0.05, 0.1) is 5.56 Å². The van der Waals surface area contributed by atoms with E-state index < -0.39 is 0 Å². The van der Waals surface area contributed by atoms with Gasteiger partial charge < -0.3 is 5.32 Å². The van der Waals surface area contributed by atoms with Gasteiger partial charge in [-0.1, -0.05) is 20.8 Å². The predicted octanol–water partition coefficient (Wildman–Crippen LogP) is 4.53. The van der Waals surface area contributed by atoms with Crippen molar-refractivity contribution in [3.05, 3.63) is 34.1 Å². The topological polar surface area (TPSA) is 29.1 Å². The summed E-state index contributed by atoms with van der Waals surface area (Å²) in [6.45, 7) is 6.94. The van der Waals surface area contributed by atoms with E-state index in [4.69, 9.17) is 0 Å². The number of benzene rings is 1.